The van der Waals surface area contributed by atoms with Gasteiger partial charge in [0.2, 0.25) is 22.2 Å². The highest BCUT2D eigenvalue weighted by molar-refractivity contribution is 7.83. The zero-order valence-corrected chi connectivity index (χ0v) is 13.2. The summed E-state index contributed by atoms with van der Waals surface area (Å²) in [5.41, 5.74) is 0. The zero-order chi connectivity index (χ0) is 17.9. The first-order chi connectivity index (χ1) is 10.4. The first-order valence-electron chi connectivity index (χ1n) is 5.94. The van der Waals surface area contributed by atoms with E-state index in [1.165, 1.54) is 0 Å². The van der Waals surface area contributed by atoms with Crippen LogP contribution < -0.4 is 0 Å². The van der Waals surface area contributed by atoms with Crippen molar-refractivity contribution in [1.82, 2.24) is 4.90 Å². The second-order valence-corrected chi connectivity index (χ2v) is 6.78. The molecule has 0 aliphatic carbocycles. The second kappa shape index (κ2) is 7.74. The van der Waals surface area contributed by atoms with Crippen molar-refractivity contribution in [3.63, 3.8) is 0 Å². The average Bonchev–Trinajstić information content (AvgIpc) is 2.47. The van der Waals surface area contributed by atoms with E-state index in [0.29, 0.717) is 0 Å². The minimum absolute atomic E-state index is 0.913. The van der Waals surface area contributed by atoms with Crippen LogP contribution in [-0.2, 0) is 35.3 Å². The molecule has 6 nitrogen and oxygen atoms in total. The molecule has 0 bridgehead atoms. The third-order valence-electron chi connectivity index (χ3n) is 2.69. The van der Waals surface area contributed by atoms with Crippen molar-refractivity contribution in [2.45, 2.75) is 16.4 Å². The van der Waals surface area contributed by atoms with E-state index in [2.05, 4.69) is 20.3 Å². The fourth-order valence-electron chi connectivity index (χ4n) is 1.29. The fourth-order valence-corrected chi connectivity index (χ4v) is 2.66. The van der Waals surface area contributed by atoms with E-state index in [9.17, 15) is 34.8 Å². The summed E-state index contributed by atoms with van der Waals surface area (Å²) in [6, 6.07) is 0. The number of ether oxygens (including phenoxy) is 1. The summed E-state index contributed by atoms with van der Waals surface area (Å²) in [5.74, 6) is -6.13. The Hall–Kier alpha value is -0.280. The lowest BCUT2D eigenvalue weighted by atomic mass is 10.3. The predicted octanol–water partition coefficient (Wildman–Crippen LogP) is 1.09. The SMILES string of the molecule is CN1CCOCC1.O=S1OCOS(=O)C(F)(F)C(F)(F)C1(F)F. The van der Waals surface area contributed by atoms with Crippen LogP contribution in [0.2, 0.25) is 0 Å². The average molecular weight is 393 g/mol. The largest absolute Gasteiger partial charge is 0.414 e. The standard InChI is InChI=1S/C5H11NO.C4H2F6O4S2/c1-6-2-4-7-5-3-6;5-2(6)3(7,8)15(11)13-1-14-16(12)4(2,9)10/h2-5H2,1H3;1H2. The van der Waals surface area contributed by atoms with Gasteiger partial charge in [-0.05, 0) is 7.05 Å². The molecule has 138 valence electrons. The van der Waals surface area contributed by atoms with Crippen molar-refractivity contribution in [2.24, 2.45) is 0 Å². The number of alkyl halides is 6. The highest BCUT2D eigenvalue weighted by atomic mass is 32.2. The molecule has 23 heavy (non-hydrogen) atoms. The molecule has 2 fully saturated rings. The molecule has 0 aromatic heterocycles. The summed E-state index contributed by atoms with van der Waals surface area (Å²) in [6.45, 7) is 2.54. The van der Waals surface area contributed by atoms with Gasteiger partial charge >= 0.3 is 16.4 Å². The molecule has 0 aromatic rings. The molecule has 2 atom stereocenters. The molecule has 2 aliphatic rings. The van der Waals surface area contributed by atoms with E-state index < -0.39 is 45.4 Å². The Morgan fingerprint density at radius 3 is 1.57 bits per heavy atom. The van der Waals surface area contributed by atoms with Crippen LogP contribution in [0.1, 0.15) is 0 Å². The van der Waals surface area contributed by atoms with Gasteiger partial charge in [0.25, 0.3) is 0 Å². The van der Waals surface area contributed by atoms with Gasteiger partial charge in [0.1, 0.15) is 0 Å². The van der Waals surface area contributed by atoms with Gasteiger partial charge in [0.05, 0.1) is 13.2 Å². The monoisotopic (exact) mass is 393 g/mol. The van der Waals surface area contributed by atoms with Gasteiger partial charge in [0.15, 0.2) is 6.79 Å². The Balaban J connectivity index is 0.000000313. The smallest absolute Gasteiger partial charge is 0.379 e. The molecule has 0 aromatic carbocycles. The van der Waals surface area contributed by atoms with Crippen LogP contribution in [-0.4, -0.2) is 69.9 Å². The molecule has 2 unspecified atom stereocenters. The van der Waals surface area contributed by atoms with E-state index in [0.717, 1.165) is 26.3 Å². The molecule has 0 radical (unpaired) electrons. The molecule has 0 N–H and O–H groups in total. The van der Waals surface area contributed by atoms with Gasteiger partial charge in [-0.1, -0.05) is 0 Å². The van der Waals surface area contributed by atoms with E-state index in [4.69, 9.17) is 4.74 Å². The van der Waals surface area contributed by atoms with E-state index in [1.807, 2.05) is 0 Å². The minimum Gasteiger partial charge on any atom is -0.379 e. The van der Waals surface area contributed by atoms with Crippen molar-refractivity contribution in [3.8, 4) is 0 Å². The maximum atomic E-state index is 12.7. The Kier molecular flexibility index (Phi) is 6.98. The van der Waals surface area contributed by atoms with Gasteiger partial charge in [-0.25, -0.2) is 8.42 Å². The summed E-state index contributed by atoms with van der Waals surface area (Å²) in [5, 5.41) is -11.4. The van der Waals surface area contributed by atoms with Crippen molar-refractivity contribution in [3.05, 3.63) is 0 Å². The number of nitrogens with zero attached hydrogens (tertiary/aromatic N) is 1. The molecular formula is C9H13F6NO5S2. The number of rotatable bonds is 0. The maximum Gasteiger partial charge on any atom is 0.414 e. The van der Waals surface area contributed by atoms with Gasteiger partial charge in [0, 0.05) is 13.1 Å². The third-order valence-corrected chi connectivity index (χ3v) is 4.67. The fraction of sp³-hybridized carbons (Fsp3) is 1.00. The Labute approximate surface area is 132 Å². The summed E-state index contributed by atoms with van der Waals surface area (Å²) in [6.07, 6.45) is 0. The molecule has 2 rings (SSSR count). The maximum absolute atomic E-state index is 12.7. The molecular weight excluding hydrogens is 380 g/mol. The Morgan fingerprint density at radius 2 is 1.26 bits per heavy atom. The van der Waals surface area contributed by atoms with Crippen LogP contribution in [0.4, 0.5) is 26.3 Å². The Bertz CT molecular complexity index is 430. The van der Waals surface area contributed by atoms with Gasteiger partial charge in [-0.3, -0.25) is 8.37 Å². The van der Waals surface area contributed by atoms with E-state index in [-0.39, 0.29) is 0 Å². The van der Waals surface area contributed by atoms with Crippen molar-refractivity contribution >= 4 is 22.2 Å². The topological polar surface area (TPSA) is 65.1 Å². The number of morpholine rings is 1. The number of halogens is 6. The van der Waals surface area contributed by atoms with Crippen LogP contribution >= 0.6 is 0 Å². The first kappa shape index (κ1) is 20.8. The highest BCUT2D eigenvalue weighted by Gasteiger charge is 2.79. The Morgan fingerprint density at radius 1 is 0.870 bits per heavy atom. The molecule has 0 spiro atoms. The van der Waals surface area contributed by atoms with Gasteiger partial charge in [-0.15, -0.1) is 0 Å². The lowest BCUT2D eigenvalue weighted by molar-refractivity contribution is -0.248. The summed E-state index contributed by atoms with van der Waals surface area (Å²) in [4.78, 5) is 2.27. The van der Waals surface area contributed by atoms with Crippen LogP contribution in [0.3, 0.4) is 0 Å². The molecule has 0 saturated carbocycles. The number of hydrogen-bond donors (Lipinski definition) is 0. The summed E-state index contributed by atoms with van der Waals surface area (Å²) < 4.78 is 109. The van der Waals surface area contributed by atoms with Crippen LogP contribution in [0.25, 0.3) is 0 Å². The molecule has 14 heteroatoms. The van der Waals surface area contributed by atoms with Crippen LogP contribution in [0, 0.1) is 0 Å². The van der Waals surface area contributed by atoms with Crippen molar-refractivity contribution in [2.75, 3.05) is 40.1 Å². The highest BCUT2D eigenvalue weighted by Crippen LogP contribution is 2.50. The third kappa shape index (κ3) is 4.42. The number of hydrogen-bond acceptors (Lipinski definition) is 6. The van der Waals surface area contributed by atoms with Crippen LogP contribution in [0.5, 0.6) is 0 Å². The molecule has 2 heterocycles. The predicted molar refractivity (Wildman–Crippen MR) is 66.5 cm³/mol. The van der Waals surface area contributed by atoms with Gasteiger partial charge < -0.3 is 9.64 Å². The minimum atomic E-state index is -6.13. The van der Waals surface area contributed by atoms with E-state index >= 15 is 0 Å². The zero-order valence-electron chi connectivity index (χ0n) is 11.6. The molecule has 2 aliphatic heterocycles. The van der Waals surface area contributed by atoms with Gasteiger partial charge in [-0.2, -0.15) is 26.3 Å². The lowest BCUT2D eigenvalue weighted by Crippen LogP contribution is -2.59. The lowest BCUT2D eigenvalue weighted by Gasteiger charge is -2.31. The van der Waals surface area contributed by atoms with Crippen LogP contribution in [0.15, 0.2) is 0 Å². The second-order valence-electron chi connectivity index (χ2n) is 4.35. The summed E-state index contributed by atoms with van der Waals surface area (Å²) >= 11 is -8.07. The van der Waals surface area contributed by atoms with E-state index in [1.54, 1.807) is 0 Å². The summed E-state index contributed by atoms with van der Waals surface area (Å²) in [7, 11) is 2.11. The first-order valence-corrected chi connectivity index (χ1v) is 8.09. The molecule has 0 amide bonds. The normalized spacial score (nSPS) is 33.7. The molecule has 2 saturated heterocycles. The van der Waals surface area contributed by atoms with Crippen molar-refractivity contribution < 1.29 is 47.9 Å². The number of likely N-dealkylation sites (N-methyl/N-ethyl adjacent to an activating group) is 1. The van der Waals surface area contributed by atoms with Crippen molar-refractivity contribution in [1.29, 1.82) is 0 Å². The quantitative estimate of drug-likeness (QED) is 0.574.